The van der Waals surface area contributed by atoms with Gasteiger partial charge in [-0.2, -0.15) is 0 Å². The number of carbonyl (C=O) groups is 3. The number of carbonyl (C=O) groups excluding carboxylic acids is 3. The Morgan fingerprint density at radius 2 is 1.53 bits per heavy atom. The van der Waals surface area contributed by atoms with Gasteiger partial charge >= 0.3 is 0 Å². The van der Waals surface area contributed by atoms with Crippen molar-refractivity contribution in [2.45, 2.75) is 13.8 Å². The third-order valence-corrected chi connectivity index (χ3v) is 4.76. The molecule has 0 bridgehead atoms. The molecule has 0 radical (unpaired) electrons. The molecule has 0 aliphatic carbocycles. The van der Waals surface area contributed by atoms with E-state index in [1.165, 1.54) is 6.26 Å². The Morgan fingerprint density at radius 1 is 0.844 bits per heavy atom. The number of amides is 3. The molecule has 1 heterocycles. The van der Waals surface area contributed by atoms with E-state index in [1.807, 2.05) is 13.8 Å². The highest BCUT2D eigenvalue weighted by Crippen LogP contribution is 2.17. The van der Waals surface area contributed by atoms with Gasteiger partial charge < -0.3 is 25.3 Å². The monoisotopic (exact) mass is 434 g/mol. The van der Waals surface area contributed by atoms with Crippen molar-refractivity contribution in [3.05, 3.63) is 78.3 Å². The van der Waals surface area contributed by atoms with Crippen LogP contribution >= 0.6 is 0 Å². The molecular formula is C24H26N4O4. The normalized spacial score (nSPS) is 10.3. The van der Waals surface area contributed by atoms with E-state index in [4.69, 9.17) is 4.42 Å². The van der Waals surface area contributed by atoms with Gasteiger partial charge in [0.1, 0.15) is 0 Å². The van der Waals surface area contributed by atoms with Gasteiger partial charge in [0.2, 0.25) is 5.91 Å². The maximum Gasteiger partial charge on any atom is 0.291 e. The number of nitrogens with zero attached hydrogens (tertiary/aromatic N) is 1. The van der Waals surface area contributed by atoms with Crippen molar-refractivity contribution in [3.63, 3.8) is 0 Å². The van der Waals surface area contributed by atoms with E-state index < -0.39 is 0 Å². The molecule has 8 nitrogen and oxygen atoms in total. The van der Waals surface area contributed by atoms with Crippen molar-refractivity contribution in [2.75, 3.05) is 35.6 Å². The smallest absolute Gasteiger partial charge is 0.291 e. The fourth-order valence-electron chi connectivity index (χ4n) is 3.12. The first-order valence-electron chi connectivity index (χ1n) is 10.4. The highest BCUT2D eigenvalue weighted by molar-refractivity contribution is 6.03. The second kappa shape index (κ2) is 10.8. The van der Waals surface area contributed by atoms with Crippen LogP contribution in [0.1, 0.15) is 34.8 Å². The molecule has 0 spiro atoms. The summed E-state index contributed by atoms with van der Waals surface area (Å²) in [6.07, 6.45) is 1.42. The topological polar surface area (TPSA) is 104 Å². The first-order chi connectivity index (χ1) is 15.5. The van der Waals surface area contributed by atoms with E-state index in [1.54, 1.807) is 65.6 Å². The number of nitrogens with one attached hydrogen (secondary N) is 3. The maximum atomic E-state index is 12.5. The van der Waals surface area contributed by atoms with E-state index in [-0.39, 0.29) is 30.0 Å². The zero-order valence-electron chi connectivity index (χ0n) is 18.1. The largest absolute Gasteiger partial charge is 0.459 e. The minimum atomic E-state index is -0.376. The molecule has 32 heavy (non-hydrogen) atoms. The van der Waals surface area contributed by atoms with Gasteiger partial charge in [-0.3, -0.25) is 14.4 Å². The summed E-state index contributed by atoms with van der Waals surface area (Å²) in [5.74, 6) is -0.485. The number of rotatable bonds is 9. The summed E-state index contributed by atoms with van der Waals surface area (Å²) in [5.41, 5.74) is 2.32. The van der Waals surface area contributed by atoms with Crippen LogP contribution in [-0.4, -0.2) is 42.3 Å². The standard InChI is InChI=1S/C24H26N4O4/c1-3-28(4-2)24(31)17-8-5-9-18(14-17)25-16-22(29)26-19-10-6-11-20(15-19)27-23(30)21-12-7-13-32-21/h5-15,25H,3-4,16H2,1-2H3,(H,26,29)(H,27,30). The molecule has 1 aromatic heterocycles. The van der Waals surface area contributed by atoms with E-state index in [0.29, 0.717) is 35.7 Å². The molecule has 0 saturated heterocycles. The second-order valence-electron chi connectivity index (χ2n) is 6.97. The summed E-state index contributed by atoms with van der Waals surface area (Å²) in [5, 5.41) is 8.53. The second-order valence-corrected chi connectivity index (χ2v) is 6.97. The van der Waals surface area contributed by atoms with Crippen LogP contribution < -0.4 is 16.0 Å². The average molecular weight is 434 g/mol. The third kappa shape index (κ3) is 5.98. The van der Waals surface area contributed by atoms with Gasteiger partial charge in [0.05, 0.1) is 12.8 Å². The summed E-state index contributed by atoms with van der Waals surface area (Å²) >= 11 is 0. The zero-order chi connectivity index (χ0) is 22.9. The summed E-state index contributed by atoms with van der Waals surface area (Å²) in [7, 11) is 0. The SMILES string of the molecule is CCN(CC)C(=O)c1cccc(NCC(=O)Nc2cccc(NC(=O)c3ccco3)c2)c1. The molecule has 0 atom stereocenters. The summed E-state index contributed by atoms with van der Waals surface area (Å²) in [6, 6.07) is 17.1. The van der Waals surface area contributed by atoms with Gasteiger partial charge in [-0.15, -0.1) is 0 Å². The molecule has 8 heteroatoms. The minimum absolute atomic E-state index is 0.0197. The molecule has 3 rings (SSSR count). The zero-order valence-corrected chi connectivity index (χ0v) is 18.1. The third-order valence-electron chi connectivity index (χ3n) is 4.76. The molecule has 0 aliphatic rings. The summed E-state index contributed by atoms with van der Waals surface area (Å²) in [6.45, 7) is 5.16. The molecule has 0 saturated carbocycles. The predicted molar refractivity (Wildman–Crippen MR) is 124 cm³/mol. The molecule has 2 aromatic carbocycles. The maximum absolute atomic E-state index is 12.5. The number of furan rings is 1. The van der Waals surface area contributed by atoms with Gasteiger partial charge in [-0.25, -0.2) is 0 Å². The van der Waals surface area contributed by atoms with Crippen molar-refractivity contribution >= 4 is 34.8 Å². The van der Waals surface area contributed by atoms with Crippen LogP contribution in [0.25, 0.3) is 0 Å². The van der Waals surface area contributed by atoms with Crippen LogP contribution in [-0.2, 0) is 4.79 Å². The van der Waals surface area contributed by atoms with Crippen LogP contribution in [0.2, 0.25) is 0 Å². The van der Waals surface area contributed by atoms with Gasteiger partial charge in [-0.05, 0) is 62.4 Å². The molecule has 0 unspecified atom stereocenters. The van der Waals surface area contributed by atoms with Crippen LogP contribution in [0, 0.1) is 0 Å². The summed E-state index contributed by atoms with van der Waals surface area (Å²) in [4.78, 5) is 38.7. The first kappa shape index (κ1) is 22.6. The molecule has 0 aliphatic heterocycles. The lowest BCUT2D eigenvalue weighted by molar-refractivity contribution is -0.114. The highest BCUT2D eigenvalue weighted by atomic mass is 16.3. The van der Waals surface area contributed by atoms with Gasteiger partial charge in [0.25, 0.3) is 11.8 Å². The Bertz CT molecular complexity index is 1080. The van der Waals surface area contributed by atoms with Gasteiger partial charge in [-0.1, -0.05) is 12.1 Å². The van der Waals surface area contributed by atoms with Crippen LogP contribution in [0.5, 0.6) is 0 Å². The van der Waals surface area contributed by atoms with E-state index in [2.05, 4.69) is 16.0 Å². The van der Waals surface area contributed by atoms with Crippen molar-refractivity contribution in [2.24, 2.45) is 0 Å². The van der Waals surface area contributed by atoms with E-state index >= 15 is 0 Å². The van der Waals surface area contributed by atoms with Crippen LogP contribution in [0.4, 0.5) is 17.1 Å². The quantitative estimate of drug-likeness (QED) is 0.471. The van der Waals surface area contributed by atoms with Crippen molar-refractivity contribution < 1.29 is 18.8 Å². The van der Waals surface area contributed by atoms with Gasteiger partial charge in [0, 0.05) is 35.7 Å². The number of benzene rings is 2. The lowest BCUT2D eigenvalue weighted by Gasteiger charge is -2.19. The Kier molecular flexibility index (Phi) is 7.64. The molecule has 166 valence electrons. The molecule has 3 amide bonds. The van der Waals surface area contributed by atoms with E-state index in [0.717, 1.165) is 0 Å². The molecule has 3 N–H and O–H groups in total. The Morgan fingerprint density at radius 3 is 2.22 bits per heavy atom. The lowest BCUT2D eigenvalue weighted by atomic mass is 10.1. The summed E-state index contributed by atoms with van der Waals surface area (Å²) < 4.78 is 5.07. The number of hydrogen-bond acceptors (Lipinski definition) is 5. The van der Waals surface area contributed by atoms with Crippen LogP contribution in [0.3, 0.4) is 0 Å². The predicted octanol–water partition coefficient (Wildman–Crippen LogP) is 4.06. The molecule has 3 aromatic rings. The number of anilines is 3. The van der Waals surface area contributed by atoms with Crippen molar-refractivity contribution in [3.8, 4) is 0 Å². The average Bonchev–Trinajstić information content (AvgIpc) is 3.34. The Labute approximate surface area is 186 Å². The molecule has 0 fully saturated rings. The Balaban J connectivity index is 1.56. The van der Waals surface area contributed by atoms with Crippen molar-refractivity contribution in [1.29, 1.82) is 0 Å². The minimum Gasteiger partial charge on any atom is -0.459 e. The fourth-order valence-corrected chi connectivity index (χ4v) is 3.12. The molecular weight excluding hydrogens is 408 g/mol. The number of hydrogen-bond donors (Lipinski definition) is 3. The lowest BCUT2D eigenvalue weighted by Crippen LogP contribution is -2.30. The highest BCUT2D eigenvalue weighted by Gasteiger charge is 2.13. The van der Waals surface area contributed by atoms with E-state index in [9.17, 15) is 14.4 Å². The van der Waals surface area contributed by atoms with Gasteiger partial charge in [0.15, 0.2) is 5.76 Å². The fraction of sp³-hybridized carbons (Fsp3) is 0.208. The first-order valence-corrected chi connectivity index (χ1v) is 10.4. The Hall–Kier alpha value is -4.07. The van der Waals surface area contributed by atoms with Crippen LogP contribution in [0.15, 0.2) is 71.3 Å². The van der Waals surface area contributed by atoms with Crippen molar-refractivity contribution in [1.82, 2.24) is 4.90 Å².